The summed E-state index contributed by atoms with van der Waals surface area (Å²) in [6.07, 6.45) is 0. The molecule has 0 fully saturated rings. The monoisotopic (exact) mass is 196 g/mol. The van der Waals surface area contributed by atoms with Gasteiger partial charge in [-0.15, -0.1) is 0 Å². The second-order valence-corrected chi connectivity index (χ2v) is 1.79. The molecule has 0 aliphatic carbocycles. The molecule has 0 aromatic rings. The van der Waals surface area contributed by atoms with Gasteiger partial charge >= 0.3 is 0 Å². The van der Waals surface area contributed by atoms with Gasteiger partial charge in [0.25, 0.3) is 0 Å². The summed E-state index contributed by atoms with van der Waals surface area (Å²) in [5.74, 6) is 0. The summed E-state index contributed by atoms with van der Waals surface area (Å²) in [6.45, 7) is 5.26. The van der Waals surface area contributed by atoms with Crippen LogP contribution in [0.25, 0.3) is 0 Å². The number of carbonyl (C=O) groups is 1. The maximum Gasteiger partial charge on any atom is 0.101 e. The van der Waals surface area contributed by atoms with Gasteiger partial charge in [-0.05, 0) is 13.8 Å². The Kier molecular flexibility index (Phi) is 8.60. The fourth-order valence-electron chi connectivity index (χ4n) is 0.482. The number of rotatable bonds is 2. The molecule has 0 aliphatic heterocycles. The molecule has 0 radical (unpaired) electrons. The van der Waals surface area contributed by atoms with Gasteiger partial charge in [-0.3, -0.25) is 0 Å². The molecule has 0 bridgehead atoms. The second kappa shape index (κ2) is 6.43. The molecule has 0 saturated carbocycles. The Labute approximate surface area is 74.2 Å². The SMILES string of the molecule is CCN(CC)C(=O)[S-].[Zn]. The average molecular weight is 198 g/mol. The number of hydrogen-bond acceptors (Lipinski definition) is 2. The van der Waals surface area contributed by atoms with E-state index in [4.69, 9.17) is 0 Å². The van der Waals surface area contributed by atoms with Crippen molar-refractivity contribution in [3.05, 3.63) is 0 Å². The van der Waals surface area contributed by atoms with Crippen LogP contribution in [0.2, 0.25) is 0 Å². The molecular weight excluding hydrogens is 188 g/mol. The third-order valence-electron chi connectivity index (χ3n) is 1.02. The summed E-state index contributed by atoms with van der Waals surface area (Å²) < 4.78 is 0. The third kappa shape index (κ3) is 4.79. The van der Waals surface area contributed by atoms with Crippen LogP contribution < -0.4 is 0 Å². The standard InChI is InChI=1S/C5H11NOS.Zn/c1-3-6(4-2)5(7)8;/h3-4H2,1-2H3,(H,7,8);/p-1. The molecule has 0 aliphatic rings. The van der Waals surface area contributed by atoms with Crippen LogP contribution in [0.15, 0.2) is 0 Å². The first kappa shape index (κ1) is 12.0. The molecule has 0 heterocycles. The fourth-order valence-corrected chi connectivity index (χ4v) is 0.740. The number of nitrogens with zero attached hydrogens (tertiary/aromatic N) is 1. The molecule has 0 atom stereocenters. The Morgan fingerprint density at radius 2 is 1.78 bits per heavy atom. The van der Waals surface area contributed by atoms with Gasteiger partial charge in [-0.25, -0.2) is 0 Å². The van der Waals surface area contributed by atoms with Crippen molar-refractivity contribution in [1.82, 2.24) is 4.90 Å². The summed E-state index contributed by atoms with van der Waals surface area (Å²) in [5.41, 5.74) is 0. The van der Waals surface area contributed by atoms with Crippen molar-refractivity contribution < 1.29 is 24.3 Å². The van der Waals surface area contributed by atoms with Gasteiger partial charge in [-0.2, -0.15) is 0 Å². The smallest absolute Gasteiger partial charge is 0.101 e. The van der Waals surface area contributed by atoms with E-state index in [-0.39, 0.29) is 24.7 Å². The first-order chi connectivity index (χ1) is 3.72. The summed E-state index contributed by atoms with van der Waals surface area (Å²) in [7, 11) is 0. The molecule has 0 N–H and O–H groups in total. The van der Waals surface area contributed by atoms with Crippen LogP contribution in [0.5, 0.6) is 0 Å². The molecule has 50 valence electrons. The van der Waals surface area contributed by atoms with Gasteiger partial charge in [0.05, 0.1) is 0 Å². The topological polar surface area (TPSA) is 20.3 Å². The Bertz CT molecular complexity index is 85.0. The number of carbonyl (C=O) groups excluding carboxylic acids is 1. The zero-order valence-electron chi connectivity index (χ0n) is 5.89. The summed E-state index contributed by atoms with van der Waals surface area (Å²) in [4.78, 5) is 11.9. The van der Waals surface area contributed by atoms with Gasteiger partial charge in [0, 0.05) is 32.6 Å². The predicted octanol–water partition coefficient (Wildman–Crippen LogP) is 0.993. The Hall–Kier alpha value is 0.313. The zero-order valence-corrected chi connectivity index (χ0v) is 9.67. The quantitative estimate of drug-likeness (QED) is 0.486. The maximum atomic E-state index is 10.3. The molecule has 0 rings (SSSR count). The molecule has 4 heteroatoms. The Balaban J connectivity index is 0. The Morgan fingerprint density at radius 1 is 1.44 bits per heavy atom. The van der Waals surface area contributed by atoms with E-state index in [0.29, 0.717) is 0 Å². The first-order valence-corrected chi connectivity index (χ1v) is 3.09. The fraction of sp³-hybridized carbons (Fsp3) is 0.800. The van der Waals surface area contributed by atoms with Crippen molar-refractivity contribution in [2.75, 3.05) is 13.1 Å². The van der Waals surface area contributed by atoms with E-state index in [0.717, 1.165) is 13.1 Å². The molecular formula is C5H10NOSZn-. The van der Waals surface area contributed by atoms with Crippen LogP contribution in [0.4, 0.5) is 4.79 Å². The molecule has 0 unspecified atom stereocenters. The van der Waals surface area contributed by atoms with Crippen molar-refractivity contribution in [1.29, 1.82) is 0 Å². The van der Waals surface area contributed by atoms with Crippen LogP contribution in [0.1, 0.15) is 13.8 Å². The minimum absolute atomic E-state index is 0. The molecule has 0 aromatic heterocycles. The van der Waals surface area contributed by atoms with Crippen LogP contribution in [-0.4, -0.2) is 23.2 Å². The van der Waals surface area contributed by atoms with E-state index in [9.17, 15) is 4.79 Å². The normalized spacial score (nSPS) is 7.78. The van der Waals surface area contributed by atoms with E-state index in [1.807, 2.05) is 13.8 Å². The maximum absolute atomic E-state index is 10.3. The van der Waals surface area contributed by atoms with Gasteiger partial charge in [0.1, 0.15) is 5.24 Å². The van der Waals surface area contributed by atoms with Crippen LogP contribution >= 0.6 is 0 Å². The number of amides is 1. The number of hydrogen-bond donors (Lipinski definition) is 0. The van der Waals surface area contributed by atoms with Crippen LogP contribution in [0.3, 0.4) is 0 Å². The largest absolute Gasteiger partial charge is 0.719 e. The van der Waals surface area contributed by atoms with Gasteiger partial charge < -0.3 is 22.3 Å². The second-order valence-electron chi connectivity index (χ2n) is 1.44. The third-order valence-corrected chi connectivity index (χ3v) is 1.28. The molecule has 0 saturated heterocycles. The van der Waals surface area contributed by atoms with E-state index < -0.39 is 0 Å². The minimum atomic E-state index is -0.255. The minimum Gasteiger partial charge on any atom is -0.719 e. The molecule has 0 spiro atoms. The molecule has 2 nitrogen and oxygen atoms in total. The molecule has 9 heavy (non-hydrogen) atoms. The van der Waals surface area contributed by atoms with Crippen LogP contribution in [0, 0.1) is 0 Å². The van der Waals surface area contributed by atoms with Crippen molar-refractivity contribution in [3.63, 3.8) is 0 Å². The Morgan fingerprint density at radius 3 is 1.78 bits per heavy atom. The predicted molar refractivity (Wildman–Crippen MR) is 35.7 cm³/mol. The van der Waals surface area contributed by atoms with Gasteiger partial charge in [0.2, 0.25) is 0 Å². The van der Waals surface area contributed by atoms with Gasteiger partial charge in [0.15, 0.2) is 0 Å². The first-order valence-electron chi connectivity index (χ1n) is 2.68. The van der Waals surface area contributed by atoms with Gasteiger partial charge in [-0.1, -0.05) is 0 Å². The van der Waals surface area contributed by atoms with Crippen molar-refractivity contribution in [3.8, 4) is 0 Å². The van der Waals surface area contributed by atoms with E-state index in [1.165, 1.54) is 0 Å². The van der Waals surface area contributed by atoms with E-state index >= 15 is 0 Å². The average Bonchev–Trinajstić information content (AvgIpc) is 1.69. The summed E-state index contributed by atoms with van der Waals surface area (Å²) in [5, 5.41) is -0.255. The van der Waals surface area contributed by atoms with Crippen LogP contribution in [-0.2, 0) is 32.1 Å². The summed E-state index contributed by atoms with van der Waals surface area (Å²) >= 11 is 4.39. The zero-order chi connectivity index (χ0) is 6.57. The van der Waals surface area contributed by atoms with E-state index in [2.05, 4.69) is 12.6 Å². The summed E-state index contributed by atoms with van der Waals surface area (Å²) in [6, 6.07) is 0. The van der Waals surface area contributed by atoms with E-state index in [1.54, 1.807) is 4.90 Å². The van der Waals surface area contributed by atoms with Crippen molar-refractivity contribution >= 4 is 17.9 Å². The molecule has 1 amide bonds. The molecule has 0 aromatic carbocycles. The van der Waals surface area contributed by atoms with Crippen molar-refractivity contribution in [2.24, 2.45) is 0 Å². The van der Waals surface area contributed by atoms with Crippen molar-refractivity contribution in [2.45, 2.75) is 13.8 Å².